The number of hydrogen-bond donors (Lipinski definition) is 1. The van der Waals surface area contributed by atoms with Gasteiger partial charge in [-0.15, -0.1) is 0 Å². The molecule has 0 spiro atoms. The van der Waals surface area contributed by atoms with Gasteiger partial charge in [-0.2, -0.15) is 0 Å². The Morgan fingerprint density at radius 3 is 2.38 bits per heavy atom. The van der Waals surface area contributed by atoms with Crippen LogP contribution in [0.4, 0.5) is 11.4 Å². The normalized spacial score (nSPS) is 16.7. The molecule has 1 atom stereocenters. The van der Waals surface area contributed by atoms with Crippen LogP contribution in [-0.4, -0.2) is 11.8 Å². The number of amides is 2. The molecule has 4 aromatic rings. The predicted octanol–water partition coefficient (Wildman–Crippen LogP) is 6.66. The van der Waals surface area contributed by atoms with E-state index in [0.29, 0.717) is 22.8 Å². The molecule has 6 heteroatoms. The van der Waals surface area contributed by atoms with Crippen molar-refractivity contribution < 1.29 is 14.3 Å². The van der Waals surface area contributed by atoms with Gasteiger partial charge in [0.05, 0.1) is 22.2 Å². The summed E-state index contributed by atoms with van der Waals surface area (Å²) >= 11 is 1.35. The molecular weight excluding hydrogens is 480 g/mol. The summed E-state index contributed by atoms with van der Waals surface area (Å²) in [6, 6.07) is 32.5. The number of fused-ring (bicyclic) bond motifs is 1. The van der Waals surface area contributed by atoms with Crippen LogP contribution >= 0.6 is 11.8 Å². The van der Waals surface area contributed by atoms with Crippen LogP contribution in [0.25, 0.3) is 0 Å². The molecule has 0 fully saturated rings. The largest absolute Gasteiger partial charge is 0.489 e. The van der Waals surface area contributed by atoms with Gasteiger partial charge in [0.1, 0.15) is 12.4 Å². The number of benzene rings is 4. The first-order chi connectivity index (χ1) is 18.1. The number of aryl methyl sites for hydroxylation is 1. The summed E-state index contributed by atoms with van der Waals surface area (Å²) in [6.45, 7) is 2.42. The lowest BCUT2D eigenvalue weighted by atomic mass is 9.98. The molecule has 5 nitrogen and oxygen atoms in total. The van der Waals surface area contributed by atoms with Gasteiger partial charge in [-0.05, 0) is 60.0 Å². The van der Waals surface area contributed by atoms with Gasteiger partial charge in [0.2, 0.25) is 0 Å². The minimum atomic E-state index is -0.486. The van der Waals surface area contributed by atoms with Gasteiger partial charge >= 0.3 is 0 Å². The summed E-state index contributed by atoms with van der Waals surface area (Å²) in [4.78, 5) is 30.2. The van der Waals surface area contributed by atoms with E-state index < -0.39 is 6.04 Å². The third kappa shape index (κ3) is 4.41. The molecule has 0 saturated heterocycles. The molecule has 4 aromatic carbocycles. The molecule has 0 unspecified atom stereocenters. The van der Waals surface area contributed by atoms with Gasteiger partial charge in [-0.1, -0.05) is 78.5 Å². The molecule has 0 bridgehead atoms. The van der Waals surface area contributed by atoms with E-state index in [2.05, 4.69) is 5.32 Å². The van der Waals surface area contributed by atoms with Crippen molar-refractivity contribution in [2.75, 3.05) is 10.2 Å². The van der Waals surface area contributed by atoms with Crippen molar-refractivity contribution in [2.45, 2.75) is 24.5 Å². The highest BCUT2D eigenvalue weighted by atomic mass is 32.2. The molecule has 6 rings (SSSR count). The number of rotatable bonds is 5. The third-order valence-corrected chi connectivity index (χ3v) is 7.66. The number of hydrogen-bond acceptors (Lipinski definition) is 5. The van der Waals surface area contributed by atoms with E-state index in [9.17, 15) is 9.59 Å². The Morgan fingerprint density at radius 2 is 1.59 bits per heavy atom. The molecule has 2 aliphatic rings. The molecule has 0 aromatic heterocycles. The number of para-hydroxylation sites is 1. The van der Waals surface area contributed by atoms with Crippen LogP contribution in [0.15, 0.2) is 119 Å². The Balaban J connectivity index is 1.35. The summed E-state index contributed by atoms with van der Waals surface area (Å²) in [7, 11) is 0. The maximum absolute atomic E-state index is 13.8. The molecule has 0 radical (unpaired) electrons. The van der Waals surface area contributed by atoms with Crippen LogP contribution in [0.2, 0.25) is 0 Å². The van der Waals surface area contributed by atoms with Crippen molar-refractivity contribution in [3.63, 3.8) is 0 Å². The van der Waals surface area contributed by atoms with E-state index in [-0.39, 0.29) is 11.8 Å². The van der Waals surface area contributed by atoms with Gasteiger partial charge in [-0.3, -0.25) is 9.59 Å². The zero-order valence-corrected chi connectivity index (χ0v) is 21.0. The Bertz CT molecular complexity index is 1530. The Labute approximate surface area is 219 Å². The average molecular weight is 505 g/mol. The van der Waals surface area contributed by atoms with E-state index in [1.54, 1.807) is 6.07 Å². The average Bonchev–Trinajstić information content (AvgIpc) is 3.06. The maximum Gasteiger partial charge on any atom is 0.272 e. The van der Waals surface area contributed by atoms with E-state index >= 15 is 0 Å². The van der Waals surface area contributed by atoms with Crippen molar-refractivity contribution in [1.82, 2.24) is 0 Å². The van der Waals surface area contributed by atoms with Crippen LogP contribution in [0.5, 0.6) is 5.75 Å². The fourth-order valence-electron chi connectivity index (χ4n) is 4.64. The molecule has 182 valence electrons. The first-order valence-corrected chi connectivity index (χ1v) is 12.9. The molecule has 37 heavy (non-hydrogen) atoms. The minimum Gasteiger partial charge on any atom is -0.489 e. The smallest absolute Gasteiger partial charge is 0.272 e. The monoisotopic (exact) mass is 504 g/mol. The quantitative estimate of drug-likeness (QED) is 0.308. The van der Waals surface area contributed by atoms with E-state index in [1.165, 1.54) is 16.7 Å². The predicted molar refractivity (Wildman–Crippen MR) is 147 cm³/mol. The third-order valence-electron chi connectivity index (χ3n) is 6.48. The second-order valence-electron chi connectivity index (χ2n) is 9.05. The number of carbonyl (C=O) groups excluding carboxylic acids is 2. The number of imide groups is 1. The highest BCUT2D eigenvalue weighted by Gasteiger charge is 2.45. The number of carbonyl (C=O) groups is 2. The number of anilines is 2. The van der Waals surface area contributed by atoms with Crippen molar-refractivity contribution in [3.8, 4) is 5.75 Å². The topological polar surface area (TPSA) is 58.6 Å². The van der Waals surface area contributed by atoms with Crippen molar-refractivity contribution in [2.24, 2.45) is 0 Å². The standard InChI is InChI=1S/C31H24N2O3S/c1-20-8-7-11-23(18-20)33-30(34)27-28(32-25-12-5-6-13-26(25)37-29(27)31(33)35)22-14-16-24(17-15-22)36-19-21-9-3-2-4-10-21/h2-18,28,32H,19H2,1H3/t28-/m1/s1. The number of nitrogens with zero attached hydrogens (tertiary/aromatic N) is 1. The fourth-order valence-corrected chi connectivity index (χ4v) is 5.74. The second kappa shape index (κ2) is 9.64. The Morgan fingerprint density at radius 1 is 0.838 bits per heavy atom. The summed E-state index contributed by atoms with van der Waals surface area (Å²) < 4.78 is 5.96. The van der Waals surface area contributed by atoms with Gasteiger partial charge < -0.3 is 10.1 Å². The van der Waals surface area contributed by atoms with Gasteiger partial charge in [0, 0.05) is 10.6 Å². The van der Waals surface area contributed by atoms with Crippen molar-refractivity contribution in [1.29, 1.82) is 0 Å². The minimum absolute atomic E-state index is 0.290. The summed E-state index contributed by atoms with van der Waals surface area (Å²) in [5.41, 5.74) is 4.89. The summed E-state index contributed by atoms with van der Waals surface area (Å²) in [6.07, 6.45) is 0. The highest BCUT2D eigenvalue weighted by molar-refractivity contribution is 8.04. The zero-order valence-electron chi connectivity index (χ0n) is 20.2. The number of ether oxygens (including phenoxy) is 1. The molecule has 2 amide bonds. The van der Waals surface area contributed by atoms with Crippen molar-refractivity contribution >= 4 is 35.0 Å². The lowest BCUT2D eigenvalue weighted by Crippen LogP contribution is -2.33. The SMILES string of the molecule is Cc1cccc(N2C(=O)C3=C(C2=O)[C@@H](c2ccc(OCc4ccccc4)cc2)Nc2ccccc2S3)c1. The lowest BCUT2D eigenvalue weighted by Gasteiger charge is -2.23. The fraction of sp³-hybridized carbons (Fsp3) is 0.0968. The van der Waals surface area contributed by atoms with Crippen LogP contribution in [0.1, 0.15) is 22.7 Å². The van der Waals surface area contributed by atoms with E-state index in [4.69, 9.17) is 4.74 Å². The zero-order chi connectivity index (χ0) is 25.4. The van der Waals surface area contributed by atoms with Gasteiger partial charge in [0.25, 0.3) is 11.8 Å². The molecule has 2 heterocycles. The van der Waals surface area contributed by atoms with Gasteiger partial charge in [0.15, 0.2) is 0 Å². The van der Waals surface area contributed by atoms with E-state index in [1.807, 2.05) is 104 Å². The van der Waals surface area contributed by atoms with Gasteiger partial charge in [-0.25, -0.2) is 4.90 Å². The van der Waals surface area contributed by atoms with Crippen LogP contribution < -0.4 is 15.0 Å². The highest BCUT2D eigenvalue weighted by Crippen LogP contribution is 2.48. The van der Waals surface area contributed by atoms with Crippen LogP contribution in [0.3, 0.4) is 0 Å². The molecular formula is C31H24N2O3S. The lowest BCUT2D eigenvalue weighted by molar-refractivity contribution is -0.120. The number of nitrogens with one attached hydrogen (secondary N) is 1. The first kappa shape index (κ1) is 23.1. The summed E-state index contributed by atoms with van der Waals surface area (Å²) in [5, 5.41) is 3.54. The molecule has 2 aliphatic heterocycles. The van der Waals surface area contributed by atoms with Crippen molar-refractivity contribution in [3.05, 3.63) is 130 Å². The molecule has 0 saturated carbocycles. The maximum atomic E-state index is 13.8. The summed E-state index contributed by atoms with van der Waals surface area (Å²) in [5.74, 6) is 0.148. The first-order valence-electron chi connectivity index (χ1n) is 12.1. The Kier molecular flexibility index (Phi) is 6.02. The Hall–Kier alpha value is -4.29. The van der Waals surface area contributed by atoms with Crippen LogP contribution in [-0.2, 0) is 16.2 Å². The van der Waals surface area contributed by atoms with Crippen LogP contribution in [0, 0.1) is 6.92 Å². The number of thioether (sulfide) groups is 1. The molecule has 1 N–H and O–H groups in total. The van der Waals surface area contributed by atoms with E-state index in [0.717, 1.165) is 33.0 Å². The second-order valence-corrected chi connectivity index (χ2v) is 10.1. The molecule has 0 aliphatic carbocycles.